The number of unbranched alkanes of at least 4 members (excludes halogenated alkanes) is 4. The Balaban J connectivity index is 2.01. The number of carbonyl (C=O) groups excluding carboxylic acids is 1. The summed E-state index contributed by atoms with van der Waals surface area (Å²) in [7, 11) is 0. The summed E-state index contributed by atoms with van der Waals surface area (Å²) in [6, 6.07) is -0.668. The third-order valence-corrected chi connectivity index (χ3v) is 4.55. The third kappa shape index (κ3) is 7.85. The van der Waals surface area contributed by atoms with E-state index in [4.69, 9.17) is 10.2 Å². The van der Waals surface area contributed by atoms with E-state index >= 15 is 0 Å². The Hall–Kier alpha value is -0.790. The summed E-state index contributed by atoms with van der Waals surface area (Å²) in [6.07, 6.45) is 9.53. The van der Waals surface area contributed by atoms with Crippen LogP contribution in [0.4, 0.5) is 0 Å². The van der Waals surface area contributed by atoms with Crippen molar-refractivity contribution in [3.63, 3.8) is 0 Å². The number of carbonyl (C=O) groups is 1. The van der Waals surface area contributed by atoms with Crippen LogP contribution >= 0.6 is 0 Å². The first-order chi connectivity index (χ1) is 11.6. The number of nitrogens with one attached hydrogen (secondary N) is 1. The highest BCUT2D eigenvalue weighted by Gasteiger charge is 2.39. The van der Waals surface area contributed by atoms with E-state index in [0.717, 1.165) is 32.1 Å². The molecule has 1 saturated heterocycles. The van der Waals surface area contributed by atoms with Crippen LogP contribution in [0.5, 0.6) is 0 Å². The average Bonchev–Trinajstić information content (AvgIpc) is 2.85. The standard InChI is InChI=1S/C18H33NO5/c20-12-8-7-10-14(22)9-5-3-1-2-4-6-11-15-17(23)18(24)16(13-21)19-15/h4,6,15-21,23-24H,1-3,5,7-13H2/b6-4+/t15-,16-,17-,18+/m1/s1. The first-order valence-electron chi connectivity index (χ1n) is 9.10. The molecule has 0 aromatic heterocycles. The fourth-order valence-corrected chi connectivity index (χ4v) is 3.00. The van der Waals surface area contributed by atoms with Crippen molar-refractivity contribution in [3.05, 3.63) is 12.2 Å². The number of hydrogen-bond acceptors (Lipinski definition) is 6. The van der Waals surface area contributed by atoms with Crippen LogP contribution in [0.15, 0.2) is 12.2 Å². The molecule has 0 spiro atoms. The predicted molar refractivity (Wildman–Crippen MR) is 92.6 cm³/mol. The quantitative estimate of drug-likeness (QED) is 0.248. The number of Topliss-reactive ketones (excluding diaryl/α,β-unsaturated/α-hetero) is 1. The summed E-state index contributed by atoms with van der Waals surface area (Å²) in [5.74, 6) is 0.289. The number of rotatable bonds is 13. The van der Waals surface area contributed by atoms with E-state index in [1.807, 2.05) is 6.08 Å². The van der Waals surface area contributed by atoms with E-state index in [2.05, 4.69) is 11.4 Å². The van der Waals surface area contributed by atoms with Gasteiger partial charge in [0.25, 0.3) is 0 Å². The molecule has 1 rings (SSSR count). The van der Waals surface area contributed by atoms with Crippen LogP contribution in [0, 0.1) is 0 Å². The minimum atomic E-state index is -0.914. The van der Waals surface area contributed by atoms with Crippen molar-refractivity contribution in [2.75, 3.05) is 13.2 Å². The summed E-state index contributed by atoms with van der Waals surface area (Å²) in [6.45, 7) is -0.0240. The van der Waals surface area contributed by atoms with Gasteiger partial charge in [-0.15, -0.1) is 0 Å². The highest BCUT2D eigenvalue weighted by molar-refractivity contribution is 5.78. The molecule has 1 aliphatic rings. The summed E-state index contributed by atoms with van der Waals surface area (Å²) in [4.78, 5) is 11.5. The monoisotopic (exact) mass is 343 g/mol. The van der Waals surface area contributed by atoms with Gasteiger partial charge in [-0.3, -0.25) is 4.79 Å². The Bertz CT molecular complexity index is 374. The van der Waals surface area contributed by atoms with Crippen molar-refractivity contribution in [2.24, 2.45) is 0 Å². The van der Waals surface area contributed by atoms with E-state index in [-0.39, 0.29) is 25.0 Å². The van der Waals surface area contributed by atoms with Crippen LogP contribution in [-0.2, 0) is 4.79 Å². The minimum absolute atomic E-state index is 0.159. The van der Waals surface area contributed by atoms with Crippen molar-refractivity contribution >= 4 is 5.78 Å². The van der Waals surface area contributed by atoms with Gasteiger partial charge in [-0.1, -0.05) is 18.6 Å². The molecular weight excluding hydrogens is 310 g/mol. The molecule has 5 N–H and O–H groups in total. The van der Waals surface area contributed by atoms with Crippen molar-refractivity contribution in [1.29, 1.82) is 0 Å². The maximum atomic E-state index is 11.5. The maximum absolute atomic E-state index is 11.5. The Labute approximate surface area is 144 Å². The molecule has 24 heavy (non-hydrogen) atoms. The Kier molecular flexibility index (Phi) is 11.1. The number of allylic oxidation sites excluding steroid dienone is 1. The zero-order valence-electron chi connectivity index (χ0n) is 14.4. The summed E-state index contributed by atoms with van der Waals surface area (Å²) in [5.41, 5.74) is 0. The van der Waals surface area contributed by atoms with Crippen LogP contribution in [-0.4, -0.2) is 63.7 Å². The van der Waals surface area contributed by atoms with Gasteiger partial charge in [-0.05, 0) is 38.5 Å². The lowest BCUT2D eigenvalue weighted by atomic mass is 10.0. The normalized spacial score (nSPS) is 27.2. The number of hydrogen-bond donors (Lipinski definition) is 5. The zero-order chi connectivity index (χ0) is 17.8. The van der Waals surface area contributed by atoms with Crippen LogP contribution < -0.4 is 5.32 Å². The van der Waals surface area contributed by atoms with E-state index in [9.17, 15) is 15.0 Å². The van der Waals surface area contributed by atoms with Gasteiger partial charge in [-0.2, -0.15) is 0 Å². The fraction of sp³-hybridized carbons (Fsp3) is 0.833. The van der Waals surface area contributed by atoms with Crippen molar-refractivity contribution < 1.29 is 25.2 Å². The molecule has 0 bridgehead atoms. The van der Waals surface area contributed by atoms with Gasteiger partial charge in [0, 0.05) is 25.5 Å². The number of aliphatic hydroxyl groups is 4. The topological polar surface area (TPSA) is 110 Å². The van der Waals surface area contributed by atoms with E-state index in [1.54, 1.807) is 0 Å². The van der Waals surface area contributed by atoms with Crippen molar-refractivity contribution in [1.82, 2.24) is 5.32 Å². The molecule has 6 nitrogen and oxygen atoms in total. The largest absolute Gasteiger partial charge is 0.396 e. The van der Waals surface area contributed by atoms with Gasteiger partial charge in [-0.25, -0.2) is 0 Å². The molecule has 140 valence electrons. The molecule has 6 heteroatoms. The summed E-state index contributed by atoms with van der Waals surface area (Å²) >= 11 is 0. The van der Waals surface area contributed by atoms with E-state index in [0.29, 0.717) is 25.7 Å². The Morgan fingerprint density at radius 1 is 0.875 bits per heavy atom. The lowest BCUT2D eigenvalue weighted by molar-refractivity contribution is -0.119. The van der Waals surface area contributed by atoms with E-state index < -0.39 is 18.2 Å². The molecule has 0 radical (unpaired) electrons. The molecule has 1 aliphatic heterocycles. The number of aliphatic hydroxyl groups excluding tert-OH is 4. The van der Waals surface area contributed by atoms with Gasteiger partial charge >= 0.3 is 0 Å². The first-order valence-corrected chi connectivity index (χ1v) is 9.10. The smallest absolute Gasteiger partial charge is 0.132 e. The fourth-order valence-electron chi connectivity index (χ4n) is 3.00. The molecule has 0 unspecified atom stereocenters. The lowest BCUT2D eigenvalue weighted by Crippen LogP contribution is -2.36. The molecule has 0 amide bonds. The van der Waals surface area contributed by atoms with Crippen LogP contribution in [0.1, 0.15) is 57.8 Å². The predicted octanol–water partition coefficient (Wildman–Crippen LogP) is 0.669. The maximum Gasteiger partial charge on any atom is 0.132 e. The van der Waals surface area contributed by atoms with Crippen LogP contribution in [0.25, 0.3) is 0 Å². The average molecular weight is 343 g/mol. The molecule has 1 fully saturated rings. The van der Waals surface area contributed by atoms with Crippen LogP contribution in [0.3, 0.4) is 0 Å². The molecule has 0 aromatic carbocycles. The van der Waals surface area contributed by atoms with Gasteiger partial charge < -0.3 is 25.7 Å². The molecule has 1 heterocycles. The lowest BCUT2D eigenvalue weighted by Gasteiger charge is -2.13. The summed E-state index contributed by atoms with van der Waals surface area (Å²) < 4.78 is 0. The van der Waals surface area contributed by atoms with E-state index in [1.165, 1.54) is 0 Å². The first kappa shape index (κ1) is 21.3. The van der Waals surface area contributed by atoms with Crippen molar-refractivity contribution in [2.45, 2.75) is 82.1 Å². The van der Waals surface area contributed by atoms with Crippen molar-refractivity contribution in [3.8, 4) is 0 Å². The molecule has 0 saturated carbocycles. The van der Waals surface area contributed by atoms with Crippen LogP contribution in [0.2, 0.25) is 0 Å². The zero-order valence-corrected chi connectivity index (χ0v) is 14.4. The highest BCUT2D eigenvalue weighted by Crippen LogP contribution is 2.17. The molecule has 0 aromatic rings. The molecular formula is C18H33NO5. The highest BCUT2D eigenvalue weighted by atomic mass is 16.3. The molecule has 0 aliphatic carbocycles. The second-order valence-corrected chi connectivity index (χ2v) is 6.57. The molecule has 4 atom stereocenters. The number of ketones is 1. The summed E-state index contributed by atoms with van der Waals surface area (Å²) in [5, 5.41) is 40.3. The van der Waals surface area contributed by atoms with Gasteiger partial charge in [0.2, 0.25) is 0 Å². The van der Waals surface area contributed by atoms with Gasteiger partial charge in [0.15, 0.2) is 0 Å². The minimum Gasteiger partial charge on any atom is -0.396 e. The van der Waals surface area contributed by atoms with Gasteiger partial charge in [0.05, 0.1) is 24.9 Å². The SMILES string of the molecule is O=C(CCCCO)CCCCC/C=C/C[C@H]1N[C@H](CO)[C@H](O)[C@@H]1O. The second-order valence-electron chi connectivity index (χ2n) is 6.57. The second kappa shape index (κ2) is 12.6. The Morgan fingerprint density at radius 2 is 1.54 bits per heavy atom. The van der Waals surface area contributed by atoms with Gasteiger partial charge in [0.1, 0.15) is 5.78 Å². The Morgan fingerprint density at radius 3 is 2.17 bits per heavy atom. The third-order valence-electron chi connectivity index (χ3n) is 4.55.